The van der Waals surface area contributed by atoms with E-state index in [2.05, 4.69) is 20.2 Å². The Labute approximate surface area is 217 Å². The minimum absolute atomic E-state index is 0.0231. The zero-order chi connectivity index (χ0) is 26.7. The van der Waals surface area contributed by atoms with E-state index in [9.17, 15) is 18.0 Å². The Morgan fingerprint density at radius 3 is 2.35 bits per heavy atom. The van der Waals surface area contributed by atoms with Crippen molar-refractivity contribution in [2.24, 2.45) is 5.73 Å². The maximum absolute atomic E-state index is 12.4. The van der Waals surface area contributed by atoms with E-state index in [-0.39, 0.29) is 35.1 Å². The molecule has 13 heteroatoms. The molecule has 2 saturated heterocycles. The quantitative estimate of drug-likeness (QED) is 0.561. The monoisotopic (exact) mass is 530 g/mol. The number of carbonyl (C=O) groups is 2. The molecule has 0 bridgehead atoms. The summed E-state index contributed by atoms with van der Waals surface area (Å²) >= 11 is 0. The Hall–Kier alpha value is -3.61. The van der Waals surface area contributed by atoms with Gasteiger partial charge in [0.2, 0.25) is 0 Å². The zero-order valence-electron chi connectivity index (χ0n) is 21.4. The van der Waals surface area contributed by atoms with Crippen LogP contribution in [0.2, 0.25) is 0 Å². The van der Waals surface area contributed by atoms with Crippen molar-refractivity contribution in [3.8, 4) is 0 Å². The van der Waals surface area contributed by atoms with Crippen LogP contribution in [0, 0.1) is 0 Å². The maximum atomic E-state index is 12.4. The van der Waals surface area contributed by atoms with Gasteiger partial charge in [-0.1, -0.05) is 0 Å². The molecule has 2 aliphatic rings. The van der Waals surface area contributed by atoms with E-state index < -0.39 is 15.7 Å². The van der Waals surface area contributed by atoms with E-state index in [4.69, 9.17) is 5.73 Å². The SMILES string of the molecule is CN(C)C(=O)N(C)C1CCCN(c2cnc(C(N)=O)c(Nc3ccc(N4CCS(=O)(=O)CC4)cc3)n2)C1. The molecule has 2 aliphatic heterocycles. The van der Waals surface area contributed by atoms with Gasteiger partial charge in [0, 0.05) is 58.7 Å². The molecule has 4 rings (SSSR count). The van der Waals surface area contributed by atoms with Crippen LogP contribution in [-0.4, -0.2) is 105 Å². The lowest BCUT2D eigenvalue weighted by molar-refractivity contribution is 0.0996. The van der Waals surface area contributed by atoms with Gasteiger partial charge in [0.15, 0.2) is 21.3 Å². The van der Waals surface area contributed by atoms with Gasteiger partial charge in [0.25, 0.3) is 5.91 Å². The zero-order valence-corrected chi connectivity index (χ0v) is 22.2. The lowest BCUT2D eigenvalue weighted by Crippen LogP contribution is -2.51. The number of hydrogen-bond acceptors (Lipinski definition) is 9. The molecule has 2 fully saturated rings. The lowest BCUT2D eigenvalue weighted by atomic mass is 10.0. The fraction of sp³-hybridized carbons (Fsp3) is 0.500. The first-order valence-corrected chi connectivity index (χ1v) is 14.0. The number of amides is 3. The van der Waals surface area contributed by atoms with Gasteiger partial charge >= 0.3 is 6.03 Å². The molecule has 0 saturated carbocycles. The van der Waals surface area contributed by atoms with Gasteiger partial charge in [-0.3, -0.25) is 4.79 Å². The molecular formula is C24H34N8O4S. The minimum atomic E-state index is -2.95. The summed E-state index contributed by atoms with van der Waals surface area (Å²) in [6.07, 6.45) is 3.31. The highest BCUT2D eigenvalue weighted by molar-refractivity contribution is 7.91. The van der Waals surface area contributed by atoms with E-state index in [0.717, 1.165) is 25.1 Å². The number of benzene rings is 1. The summed E-state index contributed by atoms with van der Waals surface area (Å²) in [6, 6.07) is 7.45. The molecule has 1 unspecified atom stereocenters. The molecule has 0 aliphatic carbocycles. The summed E-state index contributed by atoms with van der Waals surface area (Å²) in [6.45, 7) is 2.27. The molecular weight excluding hydrogens is 496 g/mol. The number of aromatic nitrogens is 2. The second-order valence-electron chi connectivity index (χ2n) is 9.63. The molecule has 0 spiro atoms. The molecule has 3 amide bonds. The highest BCUT2D eigenvalue weighted by atomic mass is 32.2. The third kappa shape index (κ3) is 6.21. The Bertz CT molecular complexity index is 1240. The predicted octanol–water partition coefficient (Wildman–Crippen LogP) is 1.14. The smallest absolute Gasteiger partial charge is 0.319 e. The Morgan fingerprint density at radius 2 is 1.73 bits per heavy atom. The van der Waals surface area contributed by atoms with Crippen molar-refractivity contribution < 1.29 is 18.0 Å². The molecule has 2 aromatic rings. The second kappa shape index (κ2) is 10.8. The average molecular weight is 531 g/mol. The number of nitrogens with one attached hydrogen (secondary N) is 1. The van der Waals surface area contributed by atoms with E-state index in [1.54, 1.807) is 30.9 Å². The Morgan fingerprint density at radius 1 is 1.05 bits per heavy atom. The lowest BCUT2D eigenvalue weighted by Gasteiger charge is -2.39. The number of nitrogens with zero attached hydrogens (tertiary/aromatic N) is 6. The van der Waals surface area contributed by atoms with Gasteiger partial charge in [-0.15, -0.1) is 0 Å². The van der Waals surface area contributed by atoms with Gasteiger partial charge in [0.05, 0.1) is 23.7 Å². The summed E-state index contributed by atoms with van der Waals surface area (Å²) in [5.74, 6) is 0.443. The number of nitrogens with two attached hydrogens (primary N) is 1. The fourth-order valence-corrected chi connectivity index (χ4v) is 5.81. The van der Waals surface area contributed by atoms with Crippen LogP contribution < -0.4 is 20.9 Å². The molecule has 37 heavy (non-hydrogen) atoms. The van der Waals surface area contributed by atoms with Crippen molar-refractivity contribution >= 4 is 44.8 Å². The molecule has 12 nitrogen and oxygen atoms in total. The number of rotatable bonds is 6. The molecule has 0 radical (unpaired) electrons. The second-order valence-corrected chi connectivity index (χ2v) is 11.9. The third-order valence-corrected chi connectivity index (χ3v) is 8.39. The van der Waals surface area contributed by atoms with Gasteiger partial charge < -0.3 is 30.7 Å². The van der Waals surface area contributed by atoms with Crippen LogP contribution in [0.1, 0.15) is 23.3 Å². The van der Waals surface area contributed by atoms with Gasteiger partial charge in [0.1, 0.15) is 5.82 Å². The fourth-order valence-electron chi connectivity index (χ4n) is 4.61. The molecule has 1 atom stereocenters. The topological polar surface area (TPSA) is 145 Å². The number of carbonyl (C=O) groups excluding carboxylic acids is 2. The van der Waals surface area contributed by atoms with Gasteiger partial charge in [-0.25, -0.2) is 23.2 Å². The largest absolute Gasteiger partial charge is 0.369 e. The van der Waals surface area contributed by atoms with Crippen molar-refractivity contribution in [3.05, 3.63) is 36.2 Å². The van der Waals surface area contributed by atoms with Crippen molar-refractivity contribution in [3.63, 3.8) is 0 Å². The van der Waals surface area contributed by atoms with Crippen LogP contribution in [0.5, 0.6) is 0 Å². The number of anilines is 4. The number of piperidine rings is 1. The summed E-state index contributed by atoms with van der Waals surface area (Å²) in [7, 11) is 2.31. The summed E-state index contributed by atoms with van der Waals surface area (Å²) in [4.78, 5) is 40.8. The predicted molar refractivity (Wildman–Crippen MR) is 143 cm³/mol. The van der Waals surface area contributed by atoms with Crippen LogP contribution in [-0.2, 0) is 9.84 Å². The van der Waals surface area contributed by atoms with Crippen LogP contribution in [0.4, 0.5) is 27.8 Å². The summed E-state index contributed by atoms with van der Waals surface area (Å²) < 4.78 is 23.4. The number of likely N-dealkylation sites (N-methyl/N-ethyl adjacent to an activating group) is 1. The van der Waals surface area contributed by atoms with E-state index in [1.807, 2.05) is 29.2 Å². The highest BCUT2D eigenvalue weighted by Gasteiger charge is 2.28. The number of hydrogen-bond donors (Lipinski definition) is 2. The van der Waals surface area contributed by atoms with Crippen molar-refractivity contribution in [1.82, 2.24) is 19.8 Å². The number of primary amides is 1. The van der Waals surface area contributed by atoms with Crippen LogP contribution in [0.25, 0.3) is 0 Å². The third-order valence-electron chi connectivity index (χ3n) is 6.79. The molecule has 3 heterocycles. The van der Waals surface area contributed by atoms with Crippen molar-refractivity contribution in [2.75, 3.05) is 73.9 Å². The summed E-state index contributed by atoms with van der Waals surface area (Å²) in [5, 5.41) is 3.16. The maximum Gasteiger partial charge on any atom is 0.319 e. The molecule has 200 valence electrons. The first-order chi connectivity index (χ1) is 17.5. The van der Waals surface area contributed by atoms with Gasteiger partial charge in [-0.05, 0) is 37.1 Å². The van der Waals surface area contributed by atoms with E-state index in [1.165, 1.54) is 6.20 Å². The average Bonchev–Trinajstić information content (AvgIpc) is 2.88. The van der Waals surface area contributed by atoms with Gasteiger partial charge in [-0.2, -0.15) is 0 Å². The van der Waals surface area contributed by atoms with E-state index >= 15 is 0 Å². The number of sulfone groups is 1. The Kier molecular flexibility index (Phi) is 7.71. The van der Waals surface area contributed by atoms with Crippen LogP contribution in [0.15, 0.2) is 30.5 Å². The highest BCUT2D eigenvalue weighted by Crippen LogP contribution is 2.26. The first-order valence-electron chi connectivity index (χ1n) is 12.2. The molecule has 1 aromatic carbocycles. The van der Waals surface area contributed by atoms with Crippen LogP contribution in [0.3, 0.4) is 0 Å². The molecule has 3 N–H and O–H groups in total. The van der Waals surface area contributed by atoms with Crippen LogP contribution >= 0.6 is 0 Å². The Balaban J connectivity index is 1.50. The first kappa shape index (κ1) is 26.5. The van der Waals surface area contributed by atoms with E-state index in [0.29, 0.717) is 31.1 Å². The summed E-state index contributed by atoms with van der Waals surface area (Å²) in [5.41, 5.74) is 7.21. The van der Waals surface area contributed by atoms with Crippen molar-refractivity contribution in [2.45, 2.75) is 18.9 Å². The minimum Gasteiger partial charge on any atom is -0.369 e. The number of urea groups is 1. The standard InChI is InChI=1S/C24H34N8O4S/c1-29(2)24(34)30(3)19-5-4-10-32(16-19)20-15-26-21(22(25)33)23(28-20)27-17-6-8-18(9-7-17)31-11-13-37(35,36)14-12-31/h6-9,15,19H,4-5,10-14,16H2,1-3H3,(H2,25,33)(H,27,28). The van der Waals surface area contributed by atoms with Crippen molar-refractivity contribution in [1.29, 1.82) is 0 Å². The normalized spacial score (nSPS) is 19.3. The molecule has 1 aromatic heterocycles.